The number of benzene rings is 1. The molecule has 2 nitrogen and oxygen atoms in total. The molecule has 0 heterocycles. The van der Waals surface area contributed by atoms with Gasteiger partial charge in [0.2, 0.25) is 0 Å². The lowest BCUT2D eigenvalue weighted by Gasteiger charge is -2.26. The number of aliphatic carboxylic acids is 1. The molecule has 1 aromatic carbocycles. The smallest absolute Gasteiger partial charge is 0.332 e. The highest BCUT2D eigenvalue weighted by Crippen LogP contribution is 2.41. The molecule has 0 aliphatic heterocycles. The van der Waals surface area contributed by atoms with E-state index in [0.717, 1.165) is 5.56 Å². The van der Waals surface area contributed by atoms with Crippen LogP contribution in [0.25, 0.3) is 0 Å². The molecule has 1 rings (SSSR count). The Balaban J connectivity index is 2.81. The van der Waals surface area contributed by atoms with E-state index in [2.05, 4.69) is 54.4 Å². The van der Waals surface area contributed by atoms with Crippen molar-refractivity contribution < 1.29 is 9.90 Å². The molecule has 0 radical (unpaired) electrons. The number of hydrogen-bond acceptors (Lipinski definition) is 1. The molecular weight excluding hydrogens is 416 g/mol. The van der Waals surface area contributed by atoms with Gasteiger partial charge in [-0.15, -0.1) is 0 Å². The molecule has 0 bridgehead atoms. The van der Waals surface area contributed by atoms with Crippen LogP contribution in [0.3, 0.4) is 0 Å². The summed E-state index contributed by atoms with van der Waals surface area (Å²) in [5.41, 5.74) is 1.21. The number of carbonyl (C=O) groups is 1. The van der Waals surface area contributed by atoms with E-state index >= 15 is 0 Å². The van der Waals surface area contributed by atoms with Gasteiger partial charge in [0, 0.05) is 5.57 Å². The average molecular weight is 427 g/mol. The van der Waals surface area contributed by atoms with Gasteiger partial charge in [-0.2, -0.15) is 0 Å². The van der Waals surface area contributed by atoms with E-state index in [9.17, 15) is 4.79 Å². The lowest BCUT2D eigenvalue weighted by Crippen LogP contribution is -2.31. The van der Waals surface area contributed by atoms with Crippen molar-refractivity contribution in [3.05, 3.63) is 48.0 Å². The van der Waals surface area contributed by atoms with E-state index in [1.54, 1.807) is 0 Å². The second kappa shape index (κ2) is 6.16. The predicted molar refractivity (Wildman–Crippen MR) is 80.2 cm³/mol. The molecule has 5 heteroatoms. The summed E-state index contributed by atoms with van der Waals surface area (Å²) in [6.45, 7) is 3.56. The van der Waals surface area contributed by atoms with Gasteiger partial charge in [-0.05, 0) is 12.0 Å². The Labute approximate surface area is 125 Å². The first-order valence-corrected chi connectivity index (χ1v) is 7.32. The molecule has 0 spiro atoms. The van der Waals surface area contributed by atoms with Crippen molar-refractivity contribution in [3.8, 4) is 0 Å². The third-order valence-corrected chi connectivity index (χ3v) is 6.27. The fraction of sp³-hybridized carbons (Fsp3) is 0.250. The first-order valence-electron chi connectivity index (χ1n) is 4.82. The number of carboxylic acid groups (broad SMARTS) is 1. The van der Waals surface area contributed by atoms with Gasteiger partial charge in [0.15, 0.2) is 0 Å². The van der Waals surface area contributed by atoms with E-state index in [1.807, 2.05) is 30.3 Å². The molecule has 1 atom stereocenters. The number of rotatable bonds is 5. The topological polar surface area (TPSA) is 37.3 Å². The first-order chi connectivity index (χ1) is 7.84. The molecule has 17 heavy (non-hydrogen) atoms. The third-order valence-electron chi connectivity index (χ3n) is 2.23. The molecular formula is C12H11Br3O2. The third kappa shape index (κ3) is 4.23. The zero-order chi connectivity index (χ0) is 13.1. The maximum Gasteiger partial charge on any atom is 0.332 e. The Morgan fingerprint density at radius 2 is 1.88 bits per heavy atom. The SMILES string of the molecule is C=C(C(=O)O)C(Br)C(Br)(Br)Cc1ccccc1. The highest BCUT2D eigenvalue weighted by Gasteiger charge is 2.36. The number of hydrogen-bond donors (Lipinski definition) is 1. The van der Waals surface area contributed by atoms with E-state index in [-0.39, 0.29) is 5.57 Å². The summed E-state index contributed by atoms with van der Waals surface area (Å²) in [5.74, 6) is -1.01. The van der Waals surface area contributed by atoms with Crippen LogP contribution in [0.1, 0.15) is 5.56 Å². The van der Waals surface area contributed by atoms with Crippen LogP contribution in [0.5, 0.6) is 0 Å². The van der Waals surface area contributed by atoms with Crippen LogP contribution in [-0.2, 0) is 11.2 Å². The largest absolute Gasteiger partial charge is 0.478 e. The number of carboxylic acids is 1. The van der Waals surface area contributed by atoms with E-state index < -0.39 is 14.0 Å². The monoisotopic (exact) mass is 424 g/mol. The Bertz CT molecular complexity index is 415. The summed E-state index contributed by atoms with van der Waals surface area (Å²) in [6, 6.07) is 9.80. The molecule has 0 fully saturated rings. The lowest BCUT2D eigenvalue weighted by molar-refractivity contribution is -0.132. The van der Waals surface area contributed by atoms with Crippen LogP contribution in [0.2, 0.25) is 0 Å². The van der Waals surface area contributed by atoms with Crippen molar-refractivity contribution in [2.75, 3.05) is 0 Å². The van der Waals surface area contributed by atoms with Gasteiger partial charge in [-0.3, -0.25) is 0 Å². The van der Waals surface area contributed by atoms with Gasteiger partial charge in [0.25, 0.3) is 0 Å². The summed E-state index contributed by atoms with van der Waals surface area (Å²) in [5, 5.41) is 8.91. The normalized spacial score (nSPS) is 13.1. The number of alkyl halides is 3. The van der Waals surface area contributed by atoms with Crippen molar-refractivity contribution in [3.63, 3.8) is 0 Å². The predicted octanol–water partition coefficient (Wildman–Crippen LogP) is 4.12. The molecule has 0 aromatic heterocycles. The van der Waals surface area contributed by atoms with Gasteiger partial charge >= 0.3 is 5.97 Å². The lowest BCUT2D eigenvalue weighted by atomic mass is 10.0. The first kappa shape index (κ1) is 14.9. The second-order valence-corrected chi connectivity index (χ2v) is 8.43. The molecule has 1 aromatic rings. The molecule has 0 aliphatic carbocycles. The minimum atomic E-state index is -1.01. The average Bonchev–Trinajstić information content (AvgIpc) is 2.27. The minimum Gasteiger partial charge on any atom is -0.478 e. The van der Waals surface area contributed by atoms with Gasteiger partial charge in [0.05, 0.1) is 4.83 Å². The van der Waals surface area contributed by atoms with Crippen LogP contribution in [0.4, 0.5) is 0 Å². The Morgan fingerprint density at radius 3 is 2.35 bits per heavy atom. The zero-order valence-corrected chi connectivity index (χ0v) is 13.6. The maximum absolute atomic E-state index is 10.9. The van der Waals surface area contributed by atoms with Gasteiger partial charge < -0.3 is 5.11 Å². The van der Waals surface area contributed by atoms with Gasteiger partial charge in [-0.25, -0.2) is 4.79 Å². The van der Waals surface area contributed by atoms with Crippen LogP contribution >= 0.6 is 47.8 Å². The zero-order valence-electron chi connectivity index (χ0n) is 8.87. The highest BCUT2D eigenvalue weighted by molar-refractivity contribution is 9.26. The van der Waals surface area contributed by atoms with Crippen molar-refractivity contribution in [2.24, 2.45) is 0 Å². The summed E-state index contributed by atoms with van der Waals surface area (Å²) in [4.78, 5) is 10.5. The Hall–Kier alpha value is -0.130. The minimum absolute atomic E-state index is 0.106. The van der Waals surface area contributed by atoms with E-state index in [0.29, 0.717) is 6.42 Å². The van der Waals surface area contributed by atoms with Crippen LogP contribution in [0.15, 0.2) is 42.5 Å². The van der Waals surface area contributed by atoms with Crippen molar-refractivity contribution in [1.82, 2.24) is 0 Å². The van der Waals surface area contributed by atoms with Crippen molar-refractivity contribution in [1.29, 1.82) is 0 Å². The summed E-state index contributed by atoms with van der Waals surface area (Å²) >= 11 is 10.3. The van der Waals surface area contributed by atoms with Crippen LogP contribution in [0, 0.1) is 0 Å². The summed E-state index contributed by atoms with van der Waals surface area (Å²) in [7, 11) is 0. The maximum atomic E-state index is 10.9. The van der Waals surface area contributed by atoms with Gasteiger partial charge in [0.1, 0.15) is 3.23 Å². The molecule has 1 unspecified atom stereocenters. The summed E-state index contributed by atoms with van der Waals surface area (Å²) in [6.07, 6.45) is 0.635. The van der Waals surface area contributed by atoms with Crippen molar-refractivity contribution >= 4 is 53.8 Å². The fourth-order valence-corrected chi connectivity index (χ4v) is 2.88. The number of halogens is 3. The van der Waals surface area contributed by atoms with Crippen LogP contribution < -0.4 is 0 Å². The standard InChI is InChI=1S/C12H11Br3O2/c1-8(11(16)17)10(13)12(14,15)7-9-5-3-2-4-6-9/h2-6,10H,1,7H2,(H,16,17). The van der Waals surface area contributed by atoms with Crippen molar-refractivity contribution in [2.45, 2.75) is 14.5 Å². The molecule has 0 saturated carbocycles. The molecule has 0 amide bonds. The highest BCUT2D eigenvalue weighted by atomic mass is 79.9. The summed E-state index contributed by atoms with van der Waals surface area (Å²) < 4.78 is -0.573. The second-order valence-electron chi connectivity index (χ2n) is 3.62. The Morgan fingerprint density at radius 1 is 1.35 bits per heavy atom. The molecule has 1 N–H and O–H groups in total. The van der Waals surface area contributed by atoms with E-state index in [1.165, 1.54) is 0 Å². The van der Waals surface area contributed by atoms with E-state index in [4.69, 9.17) is 5.11 Å². The molecule has 92 valence electrons. The fourth-order valence-electron chi connectivity index (χ4n) is 1.32. The Kier molecular flexibility index (Phi) is 5.41. The van der Waals surface area contributed by atoms with Crippen LogP contribution in [-0.4, -0.2) is 19.1 Å². The molecule has 0 saturated heterocycles. The van der Waals surface area contributed by atoms with Gasteiger partial charge in [-0.1, -0.05) is 84.7 Å². The molecule has 0 aliphatic rings. The quantitative estimate of drug-likeness (QED) is 0.568.